The highest BCUT2D eigenvalue weighted by Gasteiger charge is 2.46. The lowest BCUT2D eigenvalue weighted by atomic mass is 9.30. The fourth-order valence-corrected chi connectivity index (χ4v) is 10.6. The molecule has 0 amide bonds. The number of rotatable bonds is 3. The summed E-state index contributed by atoms with van der Waals surface area (Å²) in [6.07, 6.45) is 0. The number of aromatic nitrogens is 4. The first-order valence-corrected chi connectivity index (χ1v) is 20.2. The third-order valence-corrected chi connectivity index (χ3v) is 13.1. The van der Waals surface area contributed by atoms with Crippen LogP contribution in [0.15, 0.2) is 182 Å². The predicted molar refractivity (Wildman–Crippen MR) is 242 cm³/mol. The van der Waals surface area contributed by atoms with E-state index in [2.05, 4.69) is 214 Å². The van der Waals surface area contributed by atoms with Crippen LogP contribution in [0.1, 0.15) is 25.0 Å². The van der Waals surface area contributed by atoms with E-state index in [1.54, 1.807) is 0 Å². The van der Waals surface area contributed by atoms with Crippen molar-refractivity contribution in [1.29, 1.82) is 0 Å². The molecule has 0 fully saturated rings. The quantitative estimate of drug-likeness (QED) is 0.169. The lowest BCUT2D eigenvalue weighted by Gasteiger charge is -2.45. The summed E-state index contributed by atoms with van der Waals surface area (Å²) in [6.45, 7) is 4.84. The zero-order chi connectivity index (χ0) is 38.3. The second-order valence-electron chi connectivity index (χ2n) is 16.4. The average molecular weight is 742 g/mol. The lowest BCUT2D eigenvalue weighted by molar-refractivity contribution is 0.646. The summed E-state index contributed by atoms with van der Waals surface area (Å²) in [5.41, 5.74) is 19.1. The normalized spacial score (nSPS) is 14.1. The Labute approximate surface area is 335 Å². The SMILES string of the molecule is CC1(C)c2cc3c(cc2B2c4cc5nc6n(-c7ccccc7)c7ccccc7n6c5cc4N(c4ccccc4)c4cccc1c42)c1ccccc1n3-c1ccccc1. The van der Waals surface area contributed by atoms with Gasteiger partial charge in [-0.25, -0.2) is 4.98 Å². The van der Waals surface area contributed by atoms with Crippen molar-refractivity contribution in [2.45, 2.75) is 19.3 Å². The first-order valence-electron chi connectivity index (χ1n) is 20.2. The standard InChI is InChI=1S/C52H36BN5/c1-52(2)38-24-16-28-46-50(38)53(40-29-37-36-23-12-13-25-43(36)55(47(37)30-39(40)52)33-17-6-3-7-18-33)41-31-42-49(32-48(41)56(46)34-19-8-4-9-20-34)58-45-27-15-14-26-44(45)57(51(58)54-42)35-21-10-5-11-22-35/h3-32H,1-2H3. The third kappa shape index (κ3) is 4.08. The molecule has 13 rings (SSSR count). The molecule has 5 heterocycles. The molecule has 0 saturated heterocycles. The van der Waals surface area contributed by atoms with E-state index in [4.69, 9.17) is 4.98 Å². The van der Waals surface area contributed by atoms with Gasteiger partial charge in [0.1, 0.15) is 0 Å². The van der Waals surface area contributed by atoms with E-state index in [9.17, 15) is 0 Å². The Balaban J connectivity index is 1.16. The Bertz CT molecular complexity index is 3490. The molecular weight excluding hydrogens is 705 g/mol. The topological polar surface area (TPSA) is 30.4 Å². The van der Waals surface area contributed by atoms with E-state index >= 15 is 0 Å². The molecule has 11 aromatic rings. The zero-order valence-corrected chi connectivity index (χ0v) is 32.1. The molecule has 58 heavy (non-hydrogen) atoms. The summed E-state index contributed by atoms with van der Waals surface area (Å²) in [5, 5.41) is 2.54. The van der Waals surface area contributed by atoms with Crippen molar-refractivity contribution in [3.05, 3.63) is 193 Å². The van der Waals surface area contributed by atoms with E-state index in [1.807, 2.05) is 0 Å². The minimum atomic E-state index is -0.261. The minimum Gasteiger partial charge on any atom is -0.311 e. The monoisotopic (exact) mass is 741 g/mol. The molecule has 0 atom stereocenters. The highest BCUT2D eigenvalue weighted by atomic mass is 15.2. The molecule has 5 nitrogen and oxygen atoms in total. The van der Waals surface area contributed by atoms with Crippen LogP contribution in [0.4, 0.5) is 17.1 Å². The van der Waals surface area contributed by atoms with Gasteiger partial charge >= 0.3 is 0 Å². The van der Waals surface area contributed by atoms with Crippen molar-refractivity contribution in [2.75, 3.05) is 4.90 Å². The fourth-order valence-electron chi connectivity index (χ4n) is 10.6. The van der Waals surface area contributed by atoms with Crippen LogP contribution in [0.25, 0.3) is 61.0 Å². The fraction of sp³-hybridized carbons (Fsp3) is 0.0577. The van der Waals surface area contributed by atoms with Gasteiger partial charge in [-0.1, -0.05) is 122 Å². The van der Waals surface area contributed by atoms with Gasteiger partial charge in [-0.2, -0.15) is 0 Å². The van der Waals surface area contributed by atoms with Crippen molar-refractivity contribution in [2.24, 2.45) is 0 Å². The first-order chi connectivity index (χ1) is 28.6. The molecular formula is C52H36BN5. The van der Waals surface area contributed by atoms with E-state index in [-0.39, 0.29) is 12.1 Å². The summed E-state index contributed by atoms with van der Waals surface area (Å²) < 4.78 is 7.10. The largest absolute Gasteiger partial charge is 0.311 e. The molecule has 0 bridgehead atoms. The van der Waals surface area contributed by atoms with Gasteiger partial charge in [0.15, 0.2) is 0 Å². The minimum absolute atomic E-state index is 0.00544. The molecule has 0 unspecified atom stereocenters. The van der Waals surface area contributed by atoms with Crippen molar-refractivity contribution in [1.82, 2.24) is 18.5 Å². The van der Waals surface area contributed by atoms with Gasteiger partial charge in [0.2, 0.25) is 12.5 Å². The van der Waals surface area contributed by atoms with Gasteiger partial charge in [0, 0.05) is 44.6 Å². The number of nitrogens with zero attached hydrogens (tertiary/aromatic N) is 5. The van der Waals surface area contributed by atoms with Gasteiger partial charge in [-0.3, -0.25) is 8.97 Å². The Morgan fingerprint density at radius 1 is 0.448 bits per heavy atom. The van der Waals surface area contributed by atoms with Crippen LogP contribution in [0.3, 0.4) is 0 Å². The molecule has 3 aromatic heterocycles. The average Bonchev–Trinajstić information content (AvgIpc) is 3.91. The summed E-state index contributed by atoms with van der Waals surface area (Å²) in [5.74, 6) is 0.912. The maximum Gasteiger partial charge on any atom is 0.247 e. The highest BCUT2D eigenvalue weighted by Crippen LogP contribution is 2.45. The van der Waals surface area contributed by atoms with Crippen LogP contribution in [0.2, 0.25) is 0 Å². The van der Waals surface area contributed by atoms with Gasteiger partial charge in [0.25, 0.3) is 0 Å². The van der Waals surface area contributed by atoms with E-state index < -0.39 is 0 Å². The number of anilines is 3. The van der Waals surface area contributed by atoms with Crippen LogP contribution >= 0.6 is 0 Å². The maximum atomic E-state index is 5.52. The number of para-hydroxylation sites is 6. The highest BCUT2D eigenvalue weighted by molar-refractivity contribution is 6.99. The van der Waals surface area contributed by atoms with Crippen LogP contribution in [0, 0.1) is 0 Å². The van der Waals surface area contributed by atoms with Crippen LogP contribution in [-0.4, -0.2) is 25.2 Å². The maximum absolute atomic E-state index is 5.52. The van der Waals surface area contributed by atoms with E-state index in [0.717, 1.165) is 39.2 Å². The molecule has 8 aromatic carbocycles. The van der Waals surface area contributed by atoms with Crippen LogP contribution in [-0.2, 0) is 5.41 Å². The number of hydrogen-bond acceptors (Lipinski definition) is 2. The van der Waals surface area contributed by atoms with E-state index in [1.165, 1.54) is 66.4 Å². The summed E-state index contributed by atoms with van der Waals surface area (Å²) in [6, 6.07) is 66.7. The second-order valence-corrected chi connectivity index (χ2v) is 16.4. The smallest absolute Gasteiger partial charge is 0.247 e. The third-order valence-electron chi connectivity index (χ3n) is 13.1. The van der Waals surface area contributed by atoms with Gasteiger partial charge in [-0.05, 0) is 101 Å². The Morgan fingerprint density at radius 3 is 1.83 bits per heavy atom. The number of benzene rings is 8. The van der Waals surface area contributed by atoms with Crippen molar-refractivity contribution < 1.29 is 0 Å². The number of hydrogen-bond donors (Lipinski definition) is 0. The molecule has 0 N–H and O–H groups in total. The molecule has 272 valence electrons. The summed E-state index contributed by atoms with van der Waals surface area (Å²) >= 11 is 0. The zero-order valence-electron chi connectivity index (χ0n) is 32.1. The number of imidazole rings is 2. The molecule has 6 heteroatoms. The molecule has 0 aliphatic carbocycles. The number of fused-ring (bicyclic) bond motifs is 12. The van der Waals surface area contributed by atoms with Gasteiger partial charge in [-0.15, -0.1) is 0 Å². The van der Waals surface area contributed by atoms with Crippen molar-refractivity contribution in [3.63, 3.8) is 0 Å². The second kappa shape index (κ2) is 11.4. The predicted octanol–water partition coefficient (Wildman–Crippen LogP) is 10.5. The molecule has 0 spiro atoms. The Morgan fingerprint density at radius 2 is 1.09 bits per heavy atom. The van der Waals surface area contributed by atoms with Crippen LogP contribution < -0.4 is 21.3 Å². The summed E-state index contributed by atoms with van der Waals surface area (Å²) in [7, 11) is 0. The van der Waals surface area contributed by atoms with Crippen molar-refractivity contribution in [3.8, 4) is 11.4 Å². The summed E-state index contributed by atoms with van der Waals surface area (Å²) in [4.78, 5) is 8.02. The Kier molecular flexibility index (Phi) is 6.26. The molecule has 0 radical (unpaired) electrons. The van der Waals surface area contributed by atoms with Gasteiger partial charge < -0.3 is 9.47 Å². The Hall–Kier alpha value is -7.31. The van der Waals surface area contributed by atoms with Gasteiger partial charge in [0.05, 0.1) is 33.1 Å². The van der Waals surface area contributed by atoms with Crippen molar-refractivity contribution >= 4 is 89.8 Å². The molecule has 0 saturated carbocycles. The van der Waals surface area contributed by atoms with E-state index in [0.29, 0.717) is 0 Å². The first kappa shape index (κ1) is 31.9. The van der Waals surface area contributed by atoms with Crippen LogP contribution in [0.5, 0.6) is 0 Å². The molecule has 2 aliphatic rings. The molecule has 2 aliphatic heterocycles. The lowest BCUT2D eigenvalue weighted by Crippen LogP contribution is -2.64.